The molecule has 4 rings (SSSR count). The summed E-state index contributed by atoms with van der Waals surface area (Å²) in [6.45, 7) is 6.78. The molecule has 5 heteroatoms. The number of hydrogen-bond donors (Lipinski definition) is 2. The van der Waals surface area contributed by atoms with Gasteiger partial charge in [0.25, 0.3) is 0 Å². The average Bonchev–Trinajstić information content (AvgIpc) is 2.85. The first-order chi connectivity index (χ1) is 12.4. The summed E-state index contributed by atoms with van der Waals surface area (Å²) in [5.41, 5.74) is -4.12. The zero-order chi connectivity index (χ0) is 20.0. The number of aliphatic hydroxyl groups is 2. The van der Waals surface area contributed by atoms with Gasteiger partial charge in [-0.1, -0.05) is 24.6 Å². The van der Waals surface area contributed by atoms with Gasteiger partial charge in [-0.05, 0) is 63.7 Å². The van der Waals surface area contributed by atoms with Crippen LogP contribution in [0.4, 0.5) is 4.39 Å². The van der Waals surface area contributed by atoms with E-state index in [1.807, 2.05) is 19.9 Å². The Labute approximate surface area is 158 Å². The zero-order valence-corrected chi connectivity index (χ0v) is 16.3. The molecule has 0 amide bonds. The Balaban J connectivity index is 1.92. The van der Waals surface area contributed by atoms with Gasteiger partial charge in [0.2, 0.25) is 0 Å². The lowest BCUT2D eigenvalue weighted by atomic mass is 9.45. The van der Waals surface area contributed by atoms with Gasteiger partial charge < -0.3 is 10.2 Å². The molecule has 0 aromatic carbocycles. The summed E-state index contributed by atoms with van der Waals surface area (Å²) in [6, 6.07) is 0. The number of hydrogen-bond acceptors (Lipinski definition) is 4. The quantitative estimate of drug-likeness (QED) is 0.740. The van der Waals surface area contributed by atoms with Gasteiger partial charge in [0, 0.05) is 16.7 Å². The lowest BCUT2D eigenvalue weighted by Gasteiger charge is -2.61. The van der Waals surface area contributed by atoms with Gasteiger partial charge in [0.15, 0.2) is 17.2 Å². The van der Waals surface area contributed by atoms with Crippen molar-refractivity contribution >= 4 is 11.6 Å². The topological polar surface area (TPSA) is 74.6 Å². The Hall–Kier alpha value is -1.59. The molecule has 0 radical (unpaired) electrons. The molecule has 2 saturated carbocycles. The fourth-order valence-electron chi connectivity index (χ4n) is 6.64. The van der Waals surface area contributed by atoms with E-state index in [1.54, 1.807) is 13.0 Å². The second kappa shape index (κ2) is 5.26. The maximum absolute atomic E-state index is 16.8. The van der Waals surface area contributed by atoms with E-state index >= 15 is 4.39 Å². The number of carbonyl (C=O) groups is 2. The van der Waals surface area contributed by atoms with Crippen LogP contribution < -0.4 is 0 Å². The van der Waals surface area contributed by atoms with Crippen molar-refractivity contribution in [2.45, 2.75) is 64.3 Å². The summed E-state index contributed by atoms with van der Waals surface area (Å²) < 4.78 is 16.8. The molecule has 27 heavy (non-hydrogen) atoms. The highest BCUT2D eigenvalue weighted by Crippen LogP contribution is 2.69. The number of ketones is 2. The molecular weight excluding hydrogens is 347 g/mol. The Morgan fingerprint density at radius 3 is 2.63 bits per heavy atom. The smallest absolute Gasteiger partial charge is 0.178 e. The second-order valence-corrected chi connectivity index (χ2v) is 9.34. The highest BCUT2D eigenvalue weighted by Gasteiger charge is 2.73. The third-order valence-electron chi connectivity index (χ3n) is 8.26. The van der Waals surface area contributed by atoms with Crippen LogP contribution in [0.5, 0.6) is 0 Å². The van der Waals surface area contributed by atoms with Gasteiger partial charge in [-0.3, -0.25) is 9.59 Å². The predicted octanol–water partition coefficient (Wildman–Crippen LogP) is 2.84. The molecule has 0 bridgehead atoms. The van der Waals surface area contributed by atoms with Crippen LogP contribution in [0.15, 0.2) is 35.5 Å². The van der Waals surface area contributed by atoms with E-state index in [4.69, 9.17) is 0 Å². The fourth-order valence-corrected chi connectivity index (χ4v) is 6.64. The third kappa shape index (κ3) is 1.94. The van der Waals surface area contributed by atoms with Crippen molar-refractivity contribution in [3.8, 4) is 0 Å². The van der Waals surface area contributed by atoms with Crippen molar-refractivity contribution in [3.63, 3.8) is 0 Å². The molecule has 4 aliphatic rings. The zero-order valence-electron chi connectivity index (χ0n) is 16.3. The van der Waals surface area contributed by atoms with Crippen molar-refractivity contribution in [2.24, 2.45) is 22.7 Å². The lowest BCUT2D eigenvalue weighted by Crippen LogP contribution is -2.68. The van der Waals surface area contributed by atoms with Crippen LogP contribution in [0.3, 0.4) is 0 Å². The molecule has 0 saturated heterocycles. The summed E-state index contributed by atoms with van der Waals surface area (Å²) >= 11 is 0. The van der Waals surface area contributed by atoms with E-state index in [2.05, 4.69) is 0 Å². The SMILES string of the molecule is CC(=O)[C@]1(O)CC[C@H]2[C@@H]3C=C(C)C4=CC(=O)C=C[C@]4(C)[C@@]3(F)[C@@H](O)C[C@@]21C. The maximum Gasteiger partial charge on any atom is 0.178 e. The average molecular weight is 374 g/mol. The largest absolute Gasteiger partial charge is 0.390 e. The second-order valence-electron chi connectivity index (χ2n) is 9.34. The molecule has 4 nitrogen and oxygen atoms in total. The Kier molecular flexibility index (Phi) is 3.66. The lowest BCUT2D eigenvalue weighted by molar-refractivity contribution is -0.200. The van der Waals surface area contributed by atoms with E-state index in [0.29, 0.717) is 12.0 Å². The van der Waals surface area contributed by atoms with Crippen molar-refractivity contribution in [2.75, 3.05) is 0 Å². The summed E-state index contributed by atoms with van der Waals surface area (Å²) in [7, 11) is 0. The van der Waals surface area contributed by atoms with E-state index < -0.39 is 34.1 Å². The normalized spacial score (nSPS) is 51.1. The van der Waals surface area contributed by atoms with E-state index in [0.717, 1.165) is 5.57 Å². The molecule has 0 aromatic rings. The van der Waals surface area contributed by atoms with Crippen LogP contribution in [0, 0.1) is 22.7 Å². The molecule has 7 atom stereocenters. The van der Waals surface area contributed by atoms with E-state index in [9.17, 15) is 19.8 Å². The Bertz CT molecular complexity index is 841. The van der Waals surface area contributed by atoms with Gasteiger partial charge in [-0.15, -0.1) is 0 Å². The van der Waals surface area contributed by atoms with Crippen molar-refractivity contribution in [3.05, 3.63) is 35.5 Å². The highest BCUT2D eigenvalue weighted by molar-refractivity contribution is 6.02. The minimum atomic E-state index is -2.00. The molecule has 0 aromatic heterocycles. The van der Waals surface area contributed by atoms with Gasteiger partial charge in [-0.25, -0.2) is 4.39 Å². The van der Waals surface area contributed by atoms with Crippen molar-refractivity contribution in [1.82, 2.24) is 0 Å². The van der Waals surface area contributed by atoms with E-state index in [1.165, 1.54) is 19.1 Å². The molecule has 2 N–H and O–H groups in total. The summed E-state index contributed by atoms with van der Waals surface area (Å²) in [5, 5.41) is 22.2. The number of rotatable bonds is 1. The van der Waals surface area contributed by atoms with Crippen LogP contribution >= 0.6 is 0 Å². The first-order valence-electron chi connectivity index (χ1n) is 9.66. The van der Waals surface area contributed by atoms with Gasteiger partial charge >= 0.3 is 0 Å². The number of halogens is 1. The Morgan fingerprint density at radius 1 is 1.33 bits per heavy atom. The van der Waals surface area contributed by atoms with E-state index in [-0.39, 0.29) is 30.3 Å². The van der Waals surface area contributed by atoms with Crippen LogP contribution in [0.25, 0.3) is 0 Å². The van der Waals surface area contributed by atoms with Crippen molar-refractivity contribution < 1.29 is 24.2 Å². The number of Topliss-reactive ketones (excluding diaryl/α,β-unsaturated/α-hetero) is 1. The monoisotopic (exact) mass is 374 g/mol. The number of fused-ring (bicyclic) bond motifs is 5. The predicted molar refractivity (Wildman–Crippen MR) is 98.5 cm³/mol. The van der Waals surface area contributed by atoms with Crippen LogP contribution in [0.2, 0.25) is 0 Å². The highest BCUT2D eigenvalue weighted by atomic mass is 19.1. The molecule has 4 aliphatic carbocycles. The third-order valence-corrected chi connectivity index (χ3v) is 8.26. The summed E-state index contributed by atoms with van der Waals surface area (Å²) in [6.07, 6.45) is 5.71. The first kappa shape index (κ1) is 18.8. The minimum Gasteiger partial charge on any atom is -0.390 e. The van der Waals surface area contributed by atoms with Crippen molar-refractivity contribution in [1.29, 1.82) is 0 Å². The number of alkyl halides is 1. The summed E-state index contributed by atoms with van der Waals surface area (Å²) in [5.74, 6) is -1.41. The molecule has 0 heterocycles. The maximum atomic E-state index is 16.8. The van der Waals surface area contributed by atoms with Crippen LogP contribution in [-0.2, 0) is 9.59 Å². The van der Waals surface area contributed by atoms with Gasteiger partial charge in [0.1, 0.15) is 5.60 Å². The standard InChI is InChI=1S/C22H27FO4/c1-12-9-17-15-6-8-21(27,13(2)24)20(15,4)11-18(26)22(17,23)19(3)7-5-14(25)10-16(12)19/h5,7,9-10,15,17-18,26-27H,6,8,11H2,1-4H3/t15-,17-,18-,19-,20-,21+,22-/m0/s1. The minimum absolute atomic E-state index is 0.0122. The molecule has 146 valence electrons. The molecule has 2 fully saturated rings. The number of carbonyl (C=O) groups excluding carboxylic acids is 2. The van der Waals surface area contributed by atoms with Gasteiger partial charge in [-0.2, -0.15) is 0 Å². The van der Waals surface area contributed by atoms with Gasteiger partial charge in [0.05, 0.1) is 6.10 Å². The molecular formula is C22H27FO4. The first-order valence-corrected chi connectivity index (χ1v) is 9.66. The molecule has 0 spiro atoms. The summed E-state index contributed by atoms with van der Waals surface area (Å²) in [4.78, 5) is 24.2. The van der Waals surface area contributed by atoms with Crippen LogP contribution in [0.1, 0.15) is 47.0 Å². The fraction of sp³-hybridized carbons (Fsp3) is 0.636. The Morgan fingerprint density at radius 2 is 2.00 bits per heavy atom. The number of allylic oxidation sites excluding steroid dienone is 6. The number of aliphatic hydroxyl groups excluding tert-OH is 1. The molecule has 0 unspecified atom stereocenters. The molecule has 0 aliphatic heterocycles. The van der Waals surface area contributed by atoms with Crippen LogP contribution in [-0.4, -0.2) is 39.2 Å².